The van der Waals surface area contributed by atoms with Gasteiger partial charge in [0.05, 0.1) is 11.9 Å². The van der Waals surface area contributed by atoms with Gasteiger partial charge in [0.25, 0.3) is 0 Å². The first-order valence-electron chi connectivity index (χ1n) is 6.78. The summed E-state index contributed by atoms with van der Waals surface area (Å²) < 4.78 is 0. The van der Waals surface area contributed by atoms with Crippen molar-refractivity contribution in [3.8, 4) is 0 Å². The van der Waals surface area contributed by atoms with Gasteiger partial charge in [-0.25, -0.2) is 0 Å². The molecule has 0 N–H and O–H groups in total. The zero-order valence-corrected chi connectivity index (χ0v) is 19.3. The summed E-state index contributed by atoms with van der Waals surface area (Å²) in [5, 5.41) is 20.8. The van der Waals surface area contributed by atoms with Gasteiger partial charge in [-0.3, -0.25) is 0 Å². The van der Waals surface area contributed by atoms with Gasteiger partial charge >= 0.3 is 27.7 Å². The minimum Gasteiger partial charge on any atom is -0.545 e. The fraction of sp³-hybridized carbons (Fsp3) is 0.222. The molecule has 2 aromatic rings. The normalized spacial score (nSPS) is 9.22. The van der Waals surface area contributed by atoms with Crippen molar-refractivity contribution in [2.75, 3.05) is 0 Å². The van der Waals surface area contributed by atoms with Gasteiger partial charge < -0.3 is 19.8 Å². The van der Waals surface area contributed by atoms with Gasteiger partial charge in [0.15, 0.2) is 0 Å². The van der Waals surface area contributed by atoms with E-state index in [2.05, 4.69) is 0 Å². The summed E-state index contributed by atoms with van der Waals surface area (Å²) in [6.45, 7) is 7.44. The summed E-state index contributed by atoms with van der Waals surface area (Å²) in [5.74, 6) is -2.23. The van der Waals surface area contributed by atoms with Crippen LogP contribution < -0.4 is 10.2 Å². The fourth-order valence-electron chi connectivity index (χ4n) is 2.19. The first kappa shape index (κ1) is 21.3. The van der Waals surface area contributed by atoms with Gasteiger partial charge in [0.2, 0.25) is 0 Å². The molecule has 0 saturated heterocycles. The van der Waals surface area contributed by atoms with Crippen molar-refractivity contribution in [3.05, 3.63) is 69.8 Å². The Hall–Kier alpha value is -1.68. The molecule has 0 unspecified atom stereocenters. The van der Waals surface area contributed by atoms with Gasteiger partial charge in [-0.15, -0.1) is 0 Å². The maximum absolute atomic E-state index is 10.4. The van der Waals surface area contributed by atoms with E-state index in [1.807, 2.05) is 39.8 Å². The summed E-state index contributed by atoms with van der Waals surface area (Å²) in [6, 6.07) is 10.2. The molecule has 0 fully saturated rings. The Bertz CT molecular complexity index is 606. The molecule has 0 saturated carbocycles. The number of hydrogen-bond acceptors (Lipinski definition) is 4. The third kappa shape index (κ3) is 7.42. The number of carbonyl (C=O) groups is 2. The van der Waals surface area contributed by atoms with Crippen LogP contribution in [0, 0.1) is 27.7 Å². The second-order valence-electron chi connectivity index (χ2n) is 5.33. The number of rotatable bonds is 2. The number of carboxylic acids is 2. The van der Waals surface area contributed by atoms with Crippen LogP contribution in [0.5, 0.6) is 0 Å². The van der Waals surface area contributed by atoms with E-state index in [0.29, 0.717) is 0 Å². The van der Waals surface area contributed by atoms with E-state index < -0.39 is 11.9 Å². The molecular formula is C18H18HgO4. The van der Waals surface area contributed by atoms with Crippen molar-refractivity contribution in [2.24, 2.45) is 0 Å². The number of carbonyl (C=O) groups excluding carboxylic acids is 2. The van der Waals surface area contributed by atoms with Crippen molar-refractivity contribution in [1.82, 2.24) is 0 Å². The number of aryl methyl sites for hydroxylation is 4. The van der Waals surface area contributed by atoms with Crippen molar-refractivity contribution in [1.29, 1.82) is 0 Å². The average Bonchev–Trinajstić information content (AvgIpc) is 2.37. The third-order valence-corrected chi connectivity index (χ3v) is 2.91. The minimum absolute atomic E-state index is 0. The molecule has 0 spiro atoms. The fourth-order valence-corrected chi connectivity index (χ4v) is 2.19. The van der Waals surface area contributed by atoms with Gasteiger partial charge in [-0.1, -0.05) is 58.7 Å². The molecule has 0 amide bonds. The monoisotopic (exact) mass is 500 g/mol. The van der Waals surface area contributed by atoms with Gasteiger partial charge in [-0.05, 0) is 38.8 Å². The quantitative estimate of drug-likeness (QED) is 0.585. The van der Waals surface area contributed by atoms with E-state index in [1.165, 1.54) is 0 Å². The summed E-state index contributed by atoms with van der Waals surface area (Å²) in [7, 11) is 0. The van der Waals surface area contributed by atoms with Crippen molar-refractivity contribution in [2.45, 2.75) is 27.7 Å². The molecule has 0 heterocycles. The molecule has 0 aromatic heterocycles. The largest absolute Gasteiger partial charge is 2.00 e. The topological polar surface area (TPSA) is 80.3 Å². The smallest absolute Gasteiger partial charge is 0.545 e. The van der Waals surface area contributed by atoms with E-state index >= 15 is 0 Å². The molecule has 2 rings (SSSR count). The molecule has 0 aliphatic heterocycles. The van der Waals surface area contributed by atoms with Crippen LogP contribution >= 0.6 is 0 Å². The van der Waals surface area contributed by atoms with Crippen molar-refractivity contribution in [3.63, 3.8) is 0 Å². The maximum Gasteiger partial charge on any atom is 2.00 e. The Morgan fingerprint density at radius 1 is 0.609 bits per heavy atom. The third-order valence-electron chi connectivity index (χ3n) is 2.91. The SMILES string of the molecule is Cc1cc(C)cc(C(=O)[O-])c1.Cc1cc(C)cc(C(=O)[O-])c1.[Hg+2]. The van der Waals surface area contributed by atoms with E-state index in [-0.39, 0.29) is 38.8 Å². The van der Waals surface area contributed by atoms with Crippen molar-refractivity contribution < 1.29 is 47.5 Å². The second-order valence-corrected chi connectivity index (χ2v) is 5.33. The molecular weight excluding hydrogens is 481 g/mol. The first-order valence-corrected chi connectivity index (χ1v) is 6.78. The average molecular weight is 499 g/mol. The van der Waals surface area contributed by atoms with Crippen LogP contribution in [0.25, 0.3) is 0 Å². The Kier molecular flexibility index (Phi) is 8.76. The van der Waals surface area contributed by atoms with Gasteiger partial charge in [0.1, 0.15) is 0 Å². The van der Waals surface area contributed by atoms with Crippen LogP contribution in [0.3, 0.4) is 0 Å². The number of aromatic carboxylic acids is 2. The Labute approximate surface area is 156 Å². The number of hydrogen-bond donors (Lipinski definition) is 0. The molecule has 2 aromatic carbocycles. The molecule has 0 aliphatic rings. The number of benzene rings is 2. The minimum atomic E-state index is -1.11. The summed E-state index contributed by atoms with van der Waals surface area (Å²) in [6.07, 6.45) is 0. The van der Waals surface area contributed by atoms with Crippen LogP contribution in [0.4, 0.5) is 0 Å². The van der Waals surface area contributed by atoms with Crippen LogP contribution in [-0.2, 0) is 27.7 Å². The second kappa shape index (κ2) is 9.45. The summed E-state index contributed by atoms with van der Waals surface area (Å²) in [4.78, 5) is 20.8. The Balaban J connectivity index is 0.000000403. The van der Waals surface area contributed by atoms with Crippen LogP contribution in [0.2, 0.25) is 0 Å². The predicted octanol–water partition coefficient (Wildman–Crippen LogP) is 1.33. The molecule has 0 radical (unpaired) electrons. The van der Waals surface area contributed by atoms with Gasteiger partial charge in [0, 0.05) is 0 Å². The van der Waals surface area contributed by atoms with Gasteiger partial charge in [-0.2, -0.15) is 0 Å². The zero-order chi connectivity index (χ0) is 16.9. The van der Waals surface area contributed by atoms with Crippen LogP contribution in [0.1, 0.15) is 43.0 Å². The molecule has 23 heavy (non-hydrogen) atoms. The Morgan fingerprint density at radius 3 is 1.00 bits per heavy atom. The summed E-state index contributed by atoms with van der Waals surface area (Å²) in [5.41, 5.74) is 4.30. The molecule has 0 aliphatic carbocycles. The standard InChI is InChI=1S/2C9H10O2.Hg/c2*1-6-3-7(2)5-8(4-6)9(10)11;/h2*3-5H,1-2H3,(H,10,11);/q;;+2/p-2. The van der Waals surface area contributed by atoms with E-state index in [1.54, 1.807) is 24.3 Å². The van der Waals surface area contributed by atoms with E-state index in [9.17, 15) is 19.8 Å². The number of carboxylic acid groups (broad SMARTS) is 2. The van der Waals surface area contributed by atoms with Crippen molar-refractivity contribution >= 4 is 11.9 Å². The molecule has 116 valence electrons. The van der Waals surface area contributed by atoms with Crippen LogP contribution in [0.15, 0.2) is 36.4 Å². The predicted molar refractivity (Wildman–Crippen MR) is 80.5 cm³/mol. The molecule has 4 nitrogen and oxygen atoms in total. The first-order chi connectivity index (χ1) is 10.2. The summed E-state index contributed by atoms with van der Waals surface area (Å²) >= 11 is 0. The van der Waals surface area contributed by atoms with Crippen LogP contribution in [-0.4, -0.2) is 11.9 Å². The Morgan fingerprint density at radius 2 is 0.826 bits per heavy atom. The molecule has 5 heteroatoms. The zero-order valence-electron chi connectivity index (χ0n) is 13.8. The molecule has 0 atom stereocenters. The van der Waals surface area contributed by atoms with E-state index in [0.717, 1.165) is 22.3 Å². The maximum atomic E-state index is 10.4. The van der Waals surface area contributed by atoms with E-state index in [4.69, 9.17) is 0 Å². The molecule has 0 bridgehead atoms.